The van der Waals surface area contributed by atoms with Gasteiger partial charge in [-0.25, -0.2) is 0 Å². The van der Waals surface area contributed by atoms with Gasteiger partial charge in [-0.1, -0.05) is 32.9 Å². The lowest BCUT2D eigenvalue weighted by atomic mass is 9.87. The quantitative estimate of drug-likeness (QED) is 0.815. The lowest BCUT2D eigenvalue weighted by molar-refractivity contribution is 0.187. The van der Waals surface area contributed by atoms with Gasteiger partial charge in [0.25, 0.3) is 0 Å². The molecule has 104 valence electrons. The molecule has 0 saturated heterocycles. The summed E-state index contributed by atoms with van der Waals surface area (Å²) in [7, 11) is 3.94. The molecule has 1 rings (SSSR count). The number of rotatable bonds is 5. The van der Waals surface area contributed by atoms with Crippen molar-refractivity contribution in [1.82, 2.24) is 4.90 Å². The Balaban J connectivity index is 2.70. The summed E-state index contributed by atoms with van der Waals surface area (Å²) in [5, 5.41) is 8.80. The highest BCUT2D eigenvalue weighted by Gasteiger charge is 2.15. The van der Waals surface area contributed by atoms with E-state index in [1.54, 1.807) is 0 Å². The van der Waals surface area contributed by atoms with E-state index < -0.39 is 0 Å². The molecule has 1 aromatic carbocycles. The van der Waals surface area contributed by atoms with Gasteiger partial charge in [-0.2, -0.15) is 5.26 Å². The third-order valence-corrected chi connectivity index (χ3v) is 3.20. The Morgan fingerprint density at radius 1 is 1.32 bits per heavy atom. The number of hydrogen-bond acceptors (Lipinski definition) is 3. The van der Waals surface area contributed by atoms with Gasteiger partial charge in [0.2, 0.25) is 0 Å². The predicted octanol–water partition coefficient (Wildman–Crippen LogP) is 3.21. The van der Waals surface area contributed by atoms with Crippen molar-refractivity contribution in [1.29, 1.82) is 5.26 Å². The molecule has 0 aliphatic carbocycles. The molecule has 1 aromatic rings. The molecule has 0 bridgehead atoms. The Labute approximate surface area is 116 Å². The van der Waals surface area contributed by atoms with Crippen LogP contribution in [0.4, 0.5) is 0 Å². The lowest BCUT2D eigenvalue weighted by Gasteiger charge is -2.23. The Kier molecular flexibility index (Phi) is 5.38. The molecule has 1 unspecified atom stereocenters. The average molecular weight is 260 g/mol. The van der Waals surface area contributed by atoms with Crippen molar-refractivity contribution < 1.29 is 4.74 Å². The number of nitrogens with zero attached hydrogens (tertiary/aromatic N) is 2. The van der Waals surface area contributed by atoms with Gasteiger partial charge in [-0.3, -0.25) is 0 Å². The van der Waals surface area contributed by atoms with Crippen molar-refractivity contribution >= 4 is 0 Å². The number of likely N-dealkylation sites (N-methyl/N-ethyl adjacent to an activating group) is 1. The minimum atomic E-state index is 0.118. The maximum atomic E-state index is 8.80. The Morgan fingerprint density at radius 3 is 2.53 bits per heavy atom. The van der Waals surface area contributed by atoms with Crippen LogP contribution in [0.2, 0.25) is 0 Å². The molecule has 0 N–H and O–H groups in total. The first kappa shape index (κ1) is 15.5. The summed E-state index contributed by atoms with van der Waals surface area (Å²) in [6.07, 6.45) is 0.478. The third-order valence-electron chi connectivity index (χ3n) is 3.20. The van der Waals surface area contributed by atoms with Crippen LogP contribution in [0.3, 0.4) is 0 Å². The van der Waals surface area contributed by atoms with Crippen molar-refractivity contribution in [2.75, 3.05) is 20.7 Å². The van der Waals surface area contributed by atoms with Gasteiger partial charge in [-0.05, 0) is 37.2 Å². The van der Waals surface area contributed by atoms with Gasteiger partial charge in [0, 0.05) is 0 Å². The minimum Gasteiger partial charge on any atom is -0.492 e. The van der Waals surface area contributed by atoms with E-state index in [0.29, 0.717) is 13.0 Å². The summed E-state index contributed by atoms with van der Waals surface area (Å²) < 4.78 is 5.83. The summed E-state index contributed by atoms with van der Waals surface area (Å²) in [6.45, 7) is 7.09. The van der Waals surface area contributed by atoms with Gasteiger partial charge in [0.15, 0.2) is 0 Å². The van der Waals surface area contributed by atoms with E-state index in [1.807, 2.05) is 31.1 Å². The molecule has 0 fully saturated rings. The highest BCUT2D eigenvalue weighted by molar-refractivity contribution is 5.32. The molecule has 3 nitrogen and oxygen atoms in total. The summed E-state index contributed by atoms with van der Waals surface area (Å²) >= 11 is 0. The average Bonchev–Trinajstić information content (AvgIpc) is 2.33. The smallest absolute Gasteiger partial charge is 0.119 e. The predicted molar refractivity (Wildman–Crippen MR) is 78.3 cm³/mol. The van der Waals surface area contributed by atoms with Crippen LogP contribution >= 0.6 is 0 Å². The van der Waals surface area contributed by atoms with Crippen LogP contribution in [0.15, 0.2) is 24.3 Å². The van der Waals surface area contributed by atoms with Crippen LogP contribution in [0, 0.1) is 11.3 Å². The second-order valence-corrected chi connectivity index (χ2v) is 6.07. The van der Waals surface area contributed by atoms with Crippen LogP contribution in [-0.2, 0) is 5.41 Å². The number of benzene rings is 1. The molecule has 0 aliphatic rings. The Morgan fingerprint density at radius 2 is 2.00 bits per heavy atom. The van der Waals surface area contributed by atoms with Gasteiger partial charge in [0.1, 0.15) is 12.4 Å². The lowest BCUT2D eigenvalue weighted by Crippen LogP contribution is -2.33. The van der Waals surface area contributed by atoms with E-state index in [9.17, 15) is 0 Å². The molecular formula is C16H24N2O. The van der Waals surface area contributed by atoms with E-state index in [2.05, 4.69) is 39.0 Å². The van der Waals surface area contributed by atoms with Crippen molar-refractivity contribution in [3.63, 3.8) is 0 Å². The zero-order valence-corrected chi connectivity index (χ0v) is 12.6. The monoisotopic (exact) mass is 260 g/mol. The molecule has 0 spiro atoms. The normalized spacial score (nSPS) is 13.1. The van der Waals surface area contributed by atoms with Crippen molar-refractivity contribution in [3.05, 3.63) is 29.8 Å². The topological polar surface area (TPSA) is 36.3 Å². The second kappa shape index (κ2) is 6.58. The summed E-state index contributed by atoms with van der Waals surface area (Å²) in [6, 6.07) is 10.5. The van der Waals surface area contributed by atoms with Crippen molar-refractivity contribution in [2.24, 2.45) is 0 Å². The largest absolute Gasteiger partial charge is 0.492 e. The fourth-order valence-corrected chi connectivity index (χ4v) is 1.74. The molecule has 0 heterocycles. The van der Waals surface area contributed by atoms with E-state index in [4.69, 9.17) is 10.00 Å². The van der Waals surface area contributed by atoms with Crippen LogP contribution in [-0.4, -0.2) is 31.6 Å². The van der Waals surface area contributed by atoms with Gasteiger partial charge in [-0.15, -0.1) is 0 Å². The second-order valence-electron chi connectivity index (χ2n) is 6.07. The van der Waals surface area contributed by atoms with E-state index in [-0.39, 0.29) is 11.5 Å². The van der Waals surface area contributed by atoms with Crippen LogP contribution in [0.5, 0.6) is 5.75 Å². The fourth-order valence-electron chi connectivity index (χ4n) is 1.74. The first-order valence-electron chi connectivity index (χ1n) is 6.61. The number of hydrogen-bond donors (Lipinski definition) is 0. The summed E-state index contributed by atoms with van der Waals surface area (Å²) in [5.74, 6) is 0.872. The van der Waals surface area contributed by atoms with Crippen molar-refractivity contribution in [2.45, 2.75) is 38.6 Å². The first-order valence-corrected chi connectivity index (χ1v) is 6.61. The molecule has 0 radical (unpaired) electrons. The van der Waals surface area contributed by atoms with E-state index in [1.165, 1.54) is 5.56 Å². The van der Waals surface area contributed by atoms with Gasteiger partial charge in [0.05, 0.1) is 18.5 Å². The maximum Gasteiger partial charge on any atom is 0.119 e. The molecular weight excluding hydrogens is 236 g/mol. The molecule has 0 amide bonds. The zero-order valence-electron chi connectivity index (χ0n) is 12.6. The first-order chi connectivity index (χ1) is 8.84. The molecule has 0 aromatic heterocycles. The fraction of sp³-hybridized carbons (Fsp3) is 0.562. The molecule has 3 heteroatoms. The minimum absolute atomic E-state index is 0.118. The van der Waals surface area contributed by atoms with Gasteiger partial charge < -0.3 is 9.64 Å². The molecule has 0 saturated carbocycles. The molecule has 0 aliphatic heterocycles. The standard InChI is InChI=1S/C16H24N2O/c1-16(2,3)13-7-6-8-15(11-13)19-12-14(9-10-17)18(4)5/h6-8,11,14H,9,12H2,1-5H3. The van der Waals surface area contributed by atoms with Crippen LogP contribution in [0.1, 0.15) is 32.8 Å². The third kappa shape index (κ3) is 4.92. The van der Waals surface area contributed by atoms with Crippen LogP contribution < -0.4 is 4.74 Å². The summed E-state index contributed by atoms with van der Waals surface area (Å²) in [5.41, 5.74) is 1.37. The zero-order chi connectivity index (χ0) is 14.5. The highest BCUT2D eigenvalue weighted by Crippen LogP contribution is 2.25. The Bertz CT molecular complexity index is 441. The Hall–Kier alpha value is -1.53. The highest BCUT2D eigenvalue weighted by atomic mass is 16.5. The van der Waals surface area contributed by atoms with E-state index in [0.717, 1.165) is 5.75 Å². The summed E-state index contributed by atoms with van der Waals surface area (Å²) in [4.78, 5) is 2.02. The SMILES string of the molecule is CN(C)C(CC#N)COc1cccc(C(C)(C)C)c1. The molecule has 19 heavy (non-hydrogen) atoms. The van der Waals surface area contributed by atoms with Crippen LogP contribution in [0.25, 0.3) is 0 Å². The number of nitriles is 1. The maximum absolute atomic E-state index is 8.80. The van der Waals surface area contributed by atoms with Gasteiger partial charge >= 0.3 is 0 Å². The van der Waals surface area contributed by atoms with Crippen molar-refractivity contribution in [3.8, 4) is 11.8 Å². The van der Waals surface area contributed by atoms with E-state index >= 15 is 0 Å². The number of ether oxygens (including phenoxy) is 1. The molecule has 1 atom stereocenters.